The number of nitrogens with zero attached hydrogens (tertiary/aromatic N) is 3. The summed E-state index contributed by atoms with van der Waals surface area (Å²) in [6.07, 6.45) is 0. The molecule has 0 saturated carbocycles. The first-order valence-corrected chi connectivity index (χ1v) is 28.5. The van der Waals surface area contributed by atoms with Gasteiger partial charge in [0.25, 0.3) is 6.71 Å². The number of para-hydroxylation sites is 1. The average Bonchev–Trinajstić information content (AvgIpc) is 3.85. The van der Waals surface area contributed by atoms with Crippen LogP contribution in [0.2, 0.25) is 0 Å². The highest BCUT2D eigenvalue weighted by atomic mass is 16.3. The Labute approximate surface area is 470 Å². The molecule has 0 spiro atoms. The fraction of sp³-hybridized carbons (Fsp3) is 0.270. The van der Waals surface area contributed by atoms with E-state index >= 15 is 0 Å². The summed E-state index contributed by atoms with van der Waals surface area (Å²) >= 11 is 0. The Bertz CT molecular complexity index is 3800. The molecule has 4 nitrogen and oxygen atoms in total. The molecule has 0 fully saturated rings. The fourth-order valence-corrected chi connectivity index (χ4v) is 12.0. The second-order valence-electron chi connectivity index (χ2n) is 27.7. The Hall–Kier alpha value is -7.76. The smallest absolute Gasteiger partial charge is 0.252 e. The summed E-state index contributed by atoms with van der Waals surface area (Å²) in [7, 11) is 0. The van der Waals surface area contributed by atoms with Crippen LogP contribution in [0.1, 0.15) is 132 Å². The Kier molecular flexibility index (Phi) is 12.1. The minimum atomic E-state index is -0.0648. The van der Waals surface area contributed by atoms with Gasteiger partial charge in [0.15, 0.2) is 0 Å². The van der Waals surface area contributed by atoms with E-state index in [9.17, 15) is 0 Å². The second-order valence-corrected chi connectivity index (χ2v) is 27.7. The van der Waals surface area contributed by atoms with E-state index in [2.05, 4.69) is 294 Å². The van der Waals surface area contributed by atoms with Crippen molar-refractivity contribution < 1.29 is 4.42 Å². The summed E-state index contributed by atoms with van der Waals surface area (Å²) in [6, 6.07) is 71.8. The lowest BCUT2D eigenvalue weighted by Crippen LogP contribution is -2.61. The van der Waals surface area contributed by atoms with Crippen molar-refractivity contribution in [2.45, 2.75) is 131 Å². The van der Waals surface area contributed by atoms with Crippen LogP contribution in [0.5, 0.6) is 0 Å². The summed E-state index contributed by atoms with van der Waals surface area (Å²) < 4.78 is 6.38. The lowest BCUT2D eigenvalue weighted by molar-refractivity contribution is 0.590. The van der Waals surface area contributed by atoms with Crippen molar-refractivity contribution in [2.24, 2.45) is 0 Å². The Balaban J connectivity index is 1.16. The third-order valence-corrected chi connectivity index (χ3v) is 16.8. The van der Waals surface area contributed by atoms with Crippen molar-refractivity contribution in [1.29, 1.82) is 0 Å². The predicted octanol–water partition coefficient (Wildman–Crippen LogP) is 19.3. The zero-order chi connectivity index (χ0) is 55.7. The van der Waals surface area contributed by atoms with E-state index in [1.807, 2.05) is 12.1 Å². The highest BCUT2D eigenvalue weighted by Crippen LogP contribution is 2.50. The van der Waals surface area contributed by atoms with Crippen molar-refractivity contribution in [3.8, 4) is 11.3 Å². The third kappa shape index (κ3) is 9.33. The van der Waals surface area contributed by atoms with E-state index < -0.39 is 0 Å². The number of anilines is 9. The first-order chi connectivity index (χ1) is 37.3. The second kappa shape index (κ2) is 18.4. The van der Waals surface area contributed by atoms with Crippen molar-refractivity contribution in [3.05, 3.63) is 216 Å². The summed E-state index contributed by atoms with van der Waals surface area (Å²) in [5, 5.41) is 3.41. The molecule has 2 aliphatic rings. The molecule has 0 unspecified atom stereocenters. The molecule has 0 bridgehead atoms. The molecule has 0 aliphatic carbocycles. The molecule has 2 aliphatic heterocycles. The van der Waals surface area contributed by atoms with Crippen LogP contribution in [0.25, 0.3) is 33.1 Å². The van der Waals surface area contributed by atoms with Gasteiger partial charge in [-0.25, -0.2) is 0 Å². The van der Waals surface area contributed by atoms with Gasteiger partial charge in [-0.15, -0.1) is 0 Å². The van der Waals surface area contributed by atoms with Crippen LogP contribution in [0.3, 0.4) is 0 Å². The molecule has 0 atom stereocenters. The third-order valence-electron chi connectivity index (χ3n) is 16.8. The molecule has 0 N–H and O–H groups in total. The van der Waals surface area contributed by atoms with Crippen LogP contribution < -0.4 is 31.1 Å². The highest BCUT2D eigenvalue weighted by molar-refractivity contribution is 7.00. The van der Waals surface area contributed by atoms with Gasteiger partial charge in [-0.05, 0) is 173 Å². The number of benzene rings is 9. The molecule has 396 valence electrons. The molecule has 9 aromatic carbocycles. The molecular weight excluding hydrogens is 958 g/mol. The number of fused-ring (bicyclic) bond motifs is 6. The molecule has 79 heavy (non-hydrogen) atoms. The molecular formula is C74H76BN3O. The summed E-state index contributed by atoms with van der Waals surface area (Å²) in [5.74, 6) is 0.872. The van der Waals surface area contributed by atoms with Gasteiger partial charge in [0.2, 0.25) is 0 Å². The SMILES string of the molecule is CC(C)(C)c1ccc(N(c2cc3c4c(c2)N(c2ccc(C(C)(C)C)cc2)c2ccc(C(C)(C)C)cc2B4c2cc(C(C)(C)C)ccc2N3c2ccc(C(C)(C)C)cc2)c2ccc3cc(-c4cc5ccccc5o4)ccc3c2)cc1. The Morgan fingerprint density at radius 3 is 1.25 bits per heavy atom. The number of hydrogen-bond donors (Lipinski definition) is 0. The molecule has 12 rings (SSSR count). The lowest BCUT2D eigenvalue weighted by atomic mass is 9.33. The highest BCUT2D eigenvalue weighted by Gasteiger charge is 2.45. The van der Waals surface area contributed by atoms with E-state index in [0.29, 0.717) is 0 Å². The zero-order valence-corrected chi connectivity index (χ0v) is 49.2. The minimum Gasteiger partial charge on any atom is -0.456 e. The summed E-state index contributed by atoms with van der Waals surface area (Å²) in [6.45, 7) is 34.7. The van der Waals surface area contributed by atoms with Gasteiger partial charge in [0, 0.05) is 56.4 Å². The Morgan fingerprint density at radius 2 is 0.772 bits per heavy atom. The van der Waals surface area contributed by atoms with Gasteiger partial charge in [-0.2, -0.15) is 0 Å². The van der Waals surface area contributed by atoms with Gasteiger partial charge in [0.1, 0.15) is 11.3 Å². The van der Waals surface area contributed by atoms with Crippen LogP contribution in [0, 0.1) is 0 Å². The maximum absolute atomic E-state index is 6.38. The van der Waals surface area contributed by atoms with Crippen molar-refractivity contribution in [3.63, 3.8) is 0 Å². The molecule has 5 heteroatoms. The minimum absolute atomic E-state index is 0.000476. The normalized spacial score (nSPS) is 13.7. The molecule has 1 aromatic heterocycles. The number of rotatable bonds is 6. The maximum Gasteiger partial charge on any atom is 0.252 e. The van der Waals surface area contributed by atoms with Crippen LogP contribution in [-0.4, -0.2) is 6.71 Å². The van der Waals surface area contributed by atoms with Crippen molar-refractivity contribution in [1.82, 2.24) is 0 Å². The largest absolute Gasteiger partial charge is 0.456 e. The fourth-order valence-electron chi connectivity index (χ4n) is 12.0. The van der Waals surface area contributed by atoms with Crippen LogP contribution >= 0.6 is 0 Å². The summed E-state index contributed by atoms with van der Waals surface area (Å²) in [4.78, 5) is 7.64. The van der Waals surface area contributed by atoms with E-state index in [0.717, 1.165) is 61.5 Å². The van der Waals surface area contributed by atoms with E-state index in [-0.39, 0.29) is 33.8 Å². The topological polar surface area (TPSA) is 22.9 Å². The van der Waals surface area contributed by atoms with Gasteiger partial charge < -0.3 is 19.1 Å². The molecule has 0 saturated heterocycles. The van der Waals surface area contributed by atoms with Crippen LogP contribution in [0.4, 0.5) is 51.2 Å². The Morgan fingerprint density at radius 1 is 0.342 bits per heavy atom. The predicted molar refractivity (Wildman–Crippen MR) is 341 cm³/mol. The quantitative estimate of drug-likeness (QED) is 0.155. The van der Waals surface area contributed by atoms with E-state index in [1.54, 1.807) is 0 Å². The number of hydrogen-bond acceptors (Lipinski definition) is 4. The monoisotopic (exact) mass is 1030 g/mol. The zero-order valence-electron chi connectivity index (χ0n) is 49.2. The van der Waals surface area contributed by atoms with Crippen LogP contribution in [0.15, 0.2) is 192 Å². The average molecular weight is 1030 g/mol. The molecule has 0 amide bonds. The van der Waals surface area contributed by atoms with Crippen molar-refractivity contribution >= 4 is 96.0 Å². The summed E-state index contributed by atoms with van der Waals surface area (Å²) in [5.41, 5.74) is 22.6. The molecule has 3 heterocycles. The van der Waals surface area contributed by atoms with Crippen molar-refractivity contribution in [2.75, 3.05) is 14.7 Å². The molecule has 10 aromatic rings. The van der Waals surface area contributed by atoms with Gasteiger partial charge in [-0.1, -0.05) is 201 Å². The van der Waals surface area contributed by atoms with Gasteiger partial charge in [0.05, 0.1) is 5.69 Å². The first-order valence-electron chi connectivity index (χ1n) is 28.5. The van der Waals surface area contributed by atoms with Crippen LogP contribution in [-0.2, 0) is 27.1 Å². The number of furan rings is 1. The lowest BCUT2D eigenvalue weighted by Gasteiger charge is -2.45. The van der Waals surface area contributed by atoms with E-state index in [4.69, 9.17) is 4.42 Å². The van der Waals surface area contributed by atoms with E-state index in [1.165, 1.54) is 67.0 Å². The molecule has 0 radical (unpaired) electrons. The van der Waals surface area contributed by atoms with Gasteiger partial charge >= 0.3 is 0 Å². The first kappa shape index (κ1) is 52.0. The van der Waals surface area contributed by atoms with Gasteiger partial charge in [-0.3, -0.25) is 0 Å². The maximum atomic E-state index is 6.38. The standard InChI is InChI=1S/C74H76BN3O/c1-70(2,3)51-23-32-56(33-24-51)76(59-31-22-47-40-50(21-20-48(47)41-59)68-42-49-18-16-17-19-67(49)79-68)60-45-65-69-66(46-60)78(58-36-27-53(28-37-58)72(7,8)9)64-39-30-55(74(13,14)15)44-62(64)75(69)61-43-54(73(10,11)12)29-38-63(61)77(65)57-34-25-52(26-35-57)71(4,5)6/h16-46H,1-15H3.